The summed E-state index contributed by atoms with van der Waals surface area (Å²) in [5.74, 6) is -0.278. The second-order valence-corrected chi connectivity index (χ2v) is 5.32. The highest BCUT2D eigenvalue weighted by Gasteiger charge is 2.31. The fourth-order valence-electron chi connectivity index (χ4n) is 2.71. The number of nitrogens with zero attached hydrogens (tertiary/aromatic N) is 3. The molecule has 0 radical (unpaired) electrons. The average molecular weight is 292 g/mol. The molecular weight excluding hydrogens is 272 g/mol. The van der Waals surface area contributed by atoms with Crippen molar-refractivity contribution in [3.63, 3.8) is 0 Å². The lowest BCUT2D eigenvalue weighted by Gasteiger charge is -2.38. The summed E-state index contributed by atoms with van der Waals surface area (Å²) < 4.78 is 0. The molecule has 1 aromatic carbocycles. The summed E-state index contributed by atoms with van der Waals surface area (Å²) >= 11 is 0. The number of piperazine rings is 1. The maximum Gasteiger partial charge on any atom is 0.305 e. The Labute approximate surface area is 123 Å². The van der Waals surface area contributed by atoms with Crippen LogP contribution in [0.4, 0.5) is 11.4 Å². The zero-order valence-electron chi connectivity index (χ0n) is 12.5. The first-order valence-corrected chi connectivity index (χ1v) is 6.90. The third kappa shape index (κ3) is 2.97. The first kappa shape index (κ1) is 15.2. The molecular formula is C14H20N4O3. The van der Waals surface area contributed by atoms with Crippen molar-refractivity contribution in [2.24, 2.45) is 0 Å². The number of rotatable bonds is 3. The fourth-order valence-corrected chi connectivity index (χ4v) is 2.71. The summed E-state index contributed by atoms with van der Waals surface area (Å²) in [6.07, 6.45) is 0. The van der Waals surface area contributed by atoms with Crippen molar-refractivity contribution in [1.82, 2.24) is 9.80 Å². The molecule has 2 rings (SSSR count). The van der Waals surface area contributed by atoms with Crippen molar-refractivity contribution in [3.8, 4) is 0 Å². The van der Waals surface area contributed by atoms with Crippen LogP contribution in [0.3, 0.4) is 0 Å². The van der Waals surface area contributed by atoms with Crippen LogP contribution < -0.4 is 5.32 Å². The number of amides is 1. The Morgan fingerprint density at radius 2 is 2.14 bits per heavy atom. The van der Waals surface area contributed by atoms with E-state index in [-0.39, 0.29) is 23.2 Å². The van der Waals surface area contributed by atoms with Crippen LogP contribution in [0.15, 0.2) is 18.2 Å². The maximum absolute atomic E-state index is 12.7. The summed E-state index contributed by atoms with van der Waals surface area (Å²) in [5.41, 5.74) is 0.340. The average Bonchev–Trinajstić information content (AvgIpc) is 2.45. The molecule has 7 nitrogen and oxygen atoms in total. The van der Waals surface area contributed by atoms with Gasteiger partial charge in [0.05, 0.1) is 4.92 Å². The predicted octanol–water partition coefficient (Wildman–Crippen LogP) is 1.41. The first-order valence-electron chi connectivity index (χ1n) is 6.90. The molecule has 1 aliphatic rings. The molecule has 0 aliphatic carbocycles. The highest BCUT2D eigenvalue weighted by molar-refractivity contribution is 6.00. The number of benzene rings is 1. The van der Waals surface area contributed by atoms with Crippen molar-refractivity contribution in [2.75, 3.05) is 39.0 Å². The minimum absolute atomic E-state index is 0.0362. The number of hydrogen-bond donors (Lipinski definition) is 1. The molecule has 1 atom stereocenters. The Morgan fingerprint density at radius 1 is 1.43 bits per heavy atom. The van der Waals surface area contributed by atoms with E-state index in [0.717, 1.165) is 13.1 Å². The number of carbonyl (C=O) groups is 1. The molecule has 1 unspecified atom stereocenters. The highest BCUT2D eigenvalue weighted by Crippen LogP contribution is 2.30. The van der Waals surface area contributed by atoms with Crippen molar-refractivity contribution >= 4 is 17.3 Å². The molecule has 0 saturated carbocycles. The summed E-state index contributed by atoms with van der Waals surface area (Å²) in [5, 5.41) is 14.1. The van der Waals surface area contributed by atoms with E-state index in [1.807, 2.05) is 14.0 Å². The van der Waals surface area contributed by atoms with E-state index in [1.165, 1.54) is 6.07 Å². The SMILES string of the molecule is CNc1cccc(C(=O)N2CCN(C)CC2C)c1[N+](=O)[O-]. The van der Waals surface area contributed by atoms with Crippen LogP contribution in [-0.4, -0.2) is 60.4 Å². The van der Waals surface area contributed by atoms with Crippen LogP contribution in [0.25, 0.3) is 0 Å². The second-order valence-electron chi connectivity index (χ2n) is 5.32. The molecule has 1 amide bonds. The van der Waals surface area contributed by atoms with E-state index in [0.29, 0.717) is 12.2 Å². The van der Waals surface area contributed by atoms with Gasteiger partial charge in [0, 0.05) is 32.7 Å². The van der Waals surface area contributed by atoms with Gasteiger partial charge in [-0.3, -0.25) is 14.9 Å². The Balaban J connectivity index is 2.37. The number of nitro benzene ring substituents is 1. The number of likely N-dealkylation sites (N-methyl/N-ethyl adjacent to an activating group) is 1. The van der Waals surface area contributed by atoms with E-state index < -0.39 is 4.92 Å². The van der Waals surface area contributed by atoms with Gasteiger partial charge in [-0.1, -0.05) is 6.07 Å². The van der Waals surface area contributed by atoms with Crippen LogP contribution in [0.1, 0.15) is 17.3 Å². The van der Waals surface area contributed by atoms with Crippen LogP contribution >= 0.6 is 0 Å². The first-order chi connectivity index (χ1) is 9.95. The van der Waals surface area contributed by atoms with Crippen molar-refractivity contribution in [1.29, 1.82) is 0 Å². The highest BCUT2D eigenvalue weighted by atomic mass is 16.6. The van der Waals surface area contributed by atoms with Gasteiger partial charge in [-0.2, -0.15) is 0 Å². The van der Waals surface area contributed by atoms with Crippen LogP contribution in [-0.2, 0) is 0 Å². The number of anilines is 1. The van der Waals surface area contributed by atoms with Gasteiger partial charge in [0.1, 0.15) is 11.3 Å². The minimum Gasteiger partial charge on any atom is -0.383 e. The Morgan fingerprint density at radius 3 is 2.71 bits per heavy atom. The normalized spacial score (nSPS) is 19.4. The van der Waals surface area contributed by atoms with Crippen molar-refractivity contribution in [2.45, 2.75) is 13.0 Å². The molecule has 1 heterocycles. The maximum atomic E-state index is 12.7. The van der Waals surface area contributed by atoms with Gasteiger partial charge >= 0.3 is 5.69 Å². The van der Waals surface area contributed by atoms with Crippen molar-refractivity contribution < 1.29 is 9.72 Å². The van der Waals surface area contributed by atoms with Gasteiger partial charge in [-0.05, 0) is 26.1 Å². The van der Waals surface area contributed by atoms with E-state index in [9.17, 15) is 14.9 Å². The molecule has 1 aliphatic heterocycles. The van der Waals surface area contributed by atoms with E-state index in [1.54, 1.807) is 24.1 Å². The van der Waals surface area contributed by atoms with E-state index in [2.05, 4.69) is 10.2 Å². The number of para-hydroxylation sites is 1. The number of nitro groups is 1. The third-order valence-corrected chi connectivity index (χ3v) is 3.81. The zero-order valence-corrected chi connectivity index (χ0v) is 12.5. The van der Waals surface area contributed by atoms with Gasteiger partial charge in [-0.15, -0.1) is 0 Å². The molecule has 0 spiro atoms. The lowest BCUT2D eigenvalue weighted by molar-refractivity contribution is -0.384. The van der Waals surface area contributed by atoms with E-state index in [4.69, 9.17) is 0 Å². The van der Waals surface area contributed by atoms with Crippen molar-refractivity contribution in [3.05, 3.63) is 33.9 Å². The van der Waals surface area contributed by atoms with Gasteiger partial charge in [0.2, 0.25) is 0 Å². The molecule has 1 fully saturated rings. The van der Waals surface area contributed by atoms with E-state index >= 15 is 0 Å². The monoisotopic (exact) mass is 292 g/mol. The molecule has 0 bridgehead atoms. The lowest BCUT2D eigenvalue weighted by atomic mass is 10.1. The molecule has 1 N–H and O–H groups in total. The quantitative estimate of drug-likeness (QED) is 0.673. The Kier molecular flexibility index (Phi) is 4.42. The molecule has 1 saturated heterocycles. The van der Waals surface area contributed by atoms with Gasteiger partial charge in [-0.25, -0.2) is 0 Å². The van der Waals surface area contributed by atoms with Crippen LogP contribution in [0.2, 0.25) is 0 Å². The molecule has 114 valence electrons. The number of hydrogen-bond acceptors (Lipinski definition) is 5. The Bertz CT molecular complexity index is 561. The molecule has 0 aromatic heterocycles. The van der Waals surface area contributed by atoms with Gasteiger partial charge < -0.3 is 15.1 Å². The zero-order chi connectivity index (χ0) is 15.6. The second kappa shape index (κ2) is 6.09. The standard InChI is InChI=1S/C14H20N4O3/c1-10-9-16(3)7-8-17(10)14(19)11-5-4-6-12(15-2)13(11)18(20)21/h4-6,10,15H,7-9H2,1-3H3. The summed E-state index contributed by atoms with van der Waals surface area (Å²) in [6.45, 7) is 4.08. The predicted molar refractivity (Wildman–Crippen MR) is 80.6 cm³/mol. The largest absolute Gasteiger partial charge is 0.383 e. The molecule has 7 heteroatoms. The minimum atomic E-state index is -0.500. The third-order valence-electron chi connectivity index (χ3n) is 3.81. The summed E-state index contributed by atoms with van der Waals surface area (Å²) in [4.78, 5) is 27.3. The number of carbonyl (C=O) groups excluding carboxylic acids is 1. The molecule has 21 heavy (non-hydrogen) atoms. The smallest absolute Gasteiger partial charge is 0.305 e. The van der Waals surface area contributed by atoms with Crippen LogP contribution in [0, 0.1) is 10.1 Å². The topological polar surface area (TPSA) is 78.7 Å². The summed E-state index contributed by atoms with van der Waals surface area (Å²) in [7, 11) is 3.61. The molecule has 1 aromatic rings. The lowest BCUT2D eigenvalue weighted by Crippen LogP contribution is -2.52. The number of nitrogens with one attached hydrogen (secondary N) is 1. The van der Waals surface area contributed by atoms with Gasteiger partial charge in [0.15, 0.2) is 0 Å². The van der Waals surface area contributed by atoms with Crippen LogP contribution in [0.5, 0.6) is 0 Å². The summed E-state index contributed by atoms with van der Waals surface area (Å²) in [6, 6.07) is 4.82. The van der Waals surface area contributed by atoms with Gasteiger partial charge in [0.25, 0.3) is 5.91 Å². The Hall–Kier alpha value is -2.15. The fraction of sp³-hybridized carbons (Fsp3) is 0.500.